The summed E-state index contributed by atoms with van der Waals surface area (Å²) in [6.07, 6.45) is 2.27. The molecule has 0 aliphatic carbocycles. The predicted molar refractivity (Wildman–Crippen MR) is 46.9 cm³/mol. The molecule has 0 saturated heterocycles. The van der Waals surface area contributed by atoms with Gasteiger partial charge in [0.1, 0.15) is 0 Å². The van der Waals surface area contributed by atoms with Crippen molar-refractivity contribution in [2.45, 2.75) is 27.7 Å². The van der Waals surface area contributed by atoms with Crippen LogP contribution in [0.15, 0.2) is 11.8 Å². The van der Waals surface area contributed by atoms with Crippen molar-refractivity contribution in [2.75, 3.05) is 14.1 Å². The number of hydrogen-bond donors (Lipinski definition) is 0. The lowest BCUT2D eigenvalue weighted by molar-refractivity contribution is 0.473. The normalized spacial score (nSPS) is 13.6. The lowest BCUT2D eigenvalue weighted by atomic mass is 9.95. The van der Waals surface area contributed by atoms with E-state index in [-0.39, 0.29) is 0 Å². The molecule has 0 aliphatic rings. The van der Waals surface area contributed by atoms with E-state index in [4.69, 9.17) is 0 Å². The molecule has 0 bridgehead atoms. The standard InChI is InChI=1S/C9H19N/c1-8(10(5)6)7-9(2,3)4/h7H,1-6H3. The lowest BCUT2D eigenvalue weighted by Crippen LogP contribution is -2.11. The molecule has 0 heterocycles. The quantitative estimate of drug-likeness (QED) is 0.542. The summed E-state index contributed by atoms with van der Waals surface area (Å²) in [5, 5.41) is 0. The fourth-order valence-corrected chi connectivity index (χ4v) is 0.756. The van der Waals surface area contributed by atoms with E-state index in [1.54, 1.807) is 0 Å². The van der Waals surface area contributed by atoms with Crippen molar-refractivity contribution < 1.29 is 0 Å². The van der Waals surface area contributed by atoms with E-state index in [1.165, 1.54) is 5.70 Å². The molecule has 0 unspecified atom stereocenters. The Morgan fingerprint density at radius 2 is 1.60 bits per heavy atom. The van der Waals surface area contributed by atoms with Crippen LogP contribution in [-0.4, -0.2) is 19.0 Å². The minimum absolute atomic E-state index is 0.300. The second kappa shape index (κ2) is 3.09. The van der Waals surface area contributed by atoms with Crippen molar-refractivity contribution in [2.24, 2.45) is 5.41 Å². The van der Waals surface area contributed by atoms with Gasteiger partial charge in [0, 0.05) is 19.8 Å². The largest absolute Gasteiger partial charge is 0.381 e. The molecule has 0 aromatic heterocycles. The smallest absolute Gasteiger partial charge is 0.00606 e. The van der Waals surface area contributed by atoms with Gasteiger partial charge in [0.15, 0.2) is 0 Å². The van der Waals surface area contributed by atoms with E-state index in [2.05, 4.69) is 52.8 Å². The molecule has 0 atom stereocenters. The minimum atomic E-state index is 0.300. The third-order valence-corrected chi connectivity index (χ3v) is 1.35. The molecule has 1 nitrogen and oxygen atoms in total. The Hall–Kier alpha value is -0.460. The zero-order chi connectivity index (χ0) is 8.36. The molecule has 0 N–H and O–H groups in total. The molecular formula is C9H19N. The van der Waals surface area contributed by atoms with E-state index in [0.29, 0.717) is 5.41 Å². The monoisotopic (exact) mass is 141 g/mol. The van der Waals surface area contributed by atoms with Gasteiger partial charge in [-0.25, -0.2) is 0 Å². The summed E-state index contributed by atoms with van der Waals surface area (Å²) in [6, 6.07) is 0. The Morgan fingerprint density at radius 3 is 1.70 bits per heavy atom. The molecule has 0 aromatic carbocycles. The highest BCUT2D eigenvalue weighted by Gasteiger charge is 2.06. The highest BCUT2D eigenvalue weighted by Crippen LogP contribution is 2.17. The van der Waals surface area contributed by atoms with Gasteiger partial charge in [-0.15, -0.1) is 0 Å². The zero-order valence-corrected chi connectivity index (χ0v) is 8.02. The highest BCUT2D eigenvalue weighted by atomic mass is 15.1. The summed E-state index contributed by atoms with van der Waals surface area (Å²) >= 11 is 0. The first kappa shape index (κ1) is 9.54. The van der Waals surface area contributed by atoms with E-state index in [1.807, 2.05) is 0 Å². The molecule has 0 aromatic rings. The highest BCUT2D eigenvalue weighted by molar-refractivity contribution is 5.01. The van der Waals surface area contributed by atoms with Crippen LogP contribution in [-0.2, 0) is 0 Å². The maximum absolute atomic E-state index is 2.27. The van der Waals surface area contributed by atoms with Crippen LogP contribution < -0.4 is 0 Å². The van der Waals surface area contributed by atoms with Crippen molar-refractivity contribution in [1.29, 1.82) is 0 Å². The molecule has 60 valence electrons. The average molecular weight is 141 g/mol. The Balaban J connectivity index is 4.17. The molecule has 0 aliphatic heterocycles. The van der Waals surface area contributed by atoms with Crippen LogP contribution in [0.1, 0.15) is 27.7 Å². The van der Waals surface area contributed by atoms with E-state index in [9.17, 15) is 0 Å². The fourth-order valence-electron chi connectivity index (χ4n) is 0.756. The van der Waals surface area contributed by atoms with Gasteiger partial charge in [-0.05, 0) is 12.3 Å². The molecule has 0 amide bonds. The Kier molecular flexibility index (Phi) is 2.95. The first-order valence-electron chi connectivity index (χ1n) is 3.70. The van der Waals surface area contributed by atoms with Crippen molar-refractivity contribution in [3.8, 4) is 0 Å². The third kappa shape index (κ3) is 4.42. The van der Waals surface area contributed by atoms with Crippen LogP contribution in [0.5, 0.6) is 0 Å². The number of rotatable bonds is 1. The molecule has 0 fully saturated rings. The van der Waals surface area contributed by atoms with Crippen LogP contribution in [0.3, 0.4) is 0 Å². The third-order valence-electron chi connectivity index (χ3n) is 1.35. The van der Waals surface area contributed by atoms with E-state index in [0.717, 1.165) is 0 Å². The zero-order valence-electron chi connectivity index (χ0n) is 8.02. The lowest BCUT2D eigenvalue weighted by Gasteiger charge is -2.19. The summed E-state index contributed by atoms with van der Waals surface area (Å²) in [4.78, 5) is 2.13. The van der Waals surface area contributed by atoms with Gasteiger partial charge in [0.2, 0.25) is 0 Å². The summed E-state index contributed by atoms with van der Waals surface area (Å²) in [5.74, 6) is 0. The van der Waals surface area contributed by atoms with Crippen molar-refractivity contribution >= 4 is 0 Å². The number of nitrogens with zero attached hydrogens (tertiary/aromatic N) is 1. The fraction of sp³-hybridized carbons (Fsp3) is 0.778. The second-order valence-electron chi connectivity index (χ2n) is 4.05. The van der Waals surface area contributed by atoms with Gasteiger partial charge >= 0.3 is 0 Å². The van der Waals surface area contributed by atoms with Crippen LogP contribution in [0.25, 0.3) is 0 Å². The second-order valence-corrected chi connectivity index (χ2v) is 4.05. The Morgan fingerprint density at radius 1 is 1.20 bits per heavy atom. The van der Waals surface area contributed by atoms with Gasteiger partial charge < -0.3 is 4.90 Å². The van der Waals surface area contributed by atoms with Gasteiger partial charge in [-0.3, -0.25) is 0 Å². The first-order valence-corrected chi connectivity index (χ1v) is 3.70. The molecule has 0 rings (SSSR count). The van der Waals surface area contributed by atoms with Crippen molar-refractivity contribution in [3.05, 3.63) is 11.8 Å². The Bertz CT molecular complexity index is 126. The predicted octanol–water partition coefficient (Wildman–Crippen LogP) is 2.50. The van der Waals surface area contributed by atoms with Crippen LogP contribution >= 0.6 is 0 Å². The summed E-state index contributed by atoms with van der Waals surface area (Å²) in [7, 11) is 4.13. The SMILES string of the molecule is CC(=CC(C)(C)C)N(C)C. The number of allylic oxidation sites excluding steroid dienone is 2. The van der Waals surface area contributed by atoms with Gasteiger partial charge in [-0.1, -0.05) is 26.8 Å². The summed E-state index contributed by atoms with van der Waals surface area (Å²) in [5.41, 5.74) is 1.63. The Labute approximate surface area is 64.7 Å². The molecule has 0 spiro atoms. The first-order chi connectivity index (χ1) is 4.33. The summed E-state index contributed by atoms with van der Waals surface area (Å²) < 4.78 is 0. The van der Waals surface area contributed by atoms with Crippen LogP contribution in [0, 0.1) is 5.41 Å². The molecule has 0 saturated carbocycles. The van der Waals surface area contributed by atoms with E-state index >= 15 is 0 Å². The minimum Gasteiger partial charge on any atom is -0.381 e. The molecule has 0 radical (unpaired) electrons. The van der Waals surface area contributed by atoms with Gasteiger partial charge in [-0.2, -0.15) is 0 Å². The maximum Gasteiger partial charge on any atom is 0.00606 e. The molecular weight excluding hydrogens is 122 g/mol. The summed E-state index contributed by atoms with van der Waals surface area (Å²) in [6.45, 7) is 8.76. The van der Waals surface area contributed by atoms with Crippen LogP contribution in [0.2, 0.25) is 0 Å². The number of hydrogen-bond acceptors (Lipinski definition) is 1. The van der Waals surface area contributed by atoms with Crippen LogP contribution in [0.4, 0.5) is 0 Å². The van der Waals surface area contributed by atoms with Gasteiger partial charge in [0.05, 0.1) is 0 Å². The topological polar surface area (TPSA) is 3.24 Å². The van der Waals surface area contributed by atoms with Crippen molar-refractivity contribution in [3.63, 3.8) is 0 Å². The van der Waals surface area contributed by atoms with Gasteiger partial charge in [0.25, 0.3) is 0 Å². The van der Waals surface area contributed by atoms with E-state index < -0.39 is 0 Å². The molecule has 1 heteroatoms. The maximum atomic E-state index is 2.27. The van der Waals surface area contributed by atoms with Crippen molar-refractivity contribution in [1.82, 2.24) is 4.90 Å². The average Bonchev–Trinajstić information content (AvgIpc) is 1.60. The molecule has 10 heavy (non-hydrogen) atoms.